The summed E-state index contributed by atoms with van der Waals surface area (Å²) < 4.78 is 1.18. The average Bonchev–Trinajstić information content (AvgIpc) is 2.50. The Morgan fingerprint density at radius 2 is 0.619 bits per heavy atom. The molecule has 0 atom stereocenters. The van der Waals surface area contributed by atoms with Crippen molar-refractivity contribution in [2.24, 2.45) is 0 Å². The van der Waals surface area contributed by atoms with E-state index in [9.17, 15) is 0 Å². The summed E-state index contributed by atoms with van der Waals surface area (Å²) in [6.45, 7) is 2.30. The van der Waals surface area contributed by atoms with Crippen molar-refractivity contribution in [3.05, 3.63) is 0 Å². The van der Waals surface area contributed by atoms with Crippen LogP contribution < -0.4 is 0 Å². The summed E-state index contributed by atoms with van der Waals surface area (Å²) in [6, 6.07) is 0. The second kappa shape index (κ2) is 20.7. The molecule has 0 N–H and O–H groups in total. The Labute approximate surface area is 148 Å². The Bertz CT molecular complexity index is 149. The molecule has 0 amide bonds. The van der Waals surface area contributed by atoms with E-state index in [4.69, 9.17) is 0 Å². The average molecular weight is 389 g/mol. The van der Waals surface area contributed by atoms with E-state index >= 15 is 0 Å². The van der Waals surface area contributed by atoms with Gasteiger partial charge in [-0.15, -0.1) is 0 Å². The monoisotopic (exact) mass is 388 g/mol. The Hall–Kier alpha value is 0.740. The second-order valence-corrected chi connectivity index (χ2v) is 7.40. The summed E-state index contributed by atoms with van der Waals surface area (Å²) in [7, 11) is 0. The van der Waals surface area contributed by atoms with Crippen LogP contribution in [0.3, 0.4) is 0 Å². The molecular formula is C20H41Ag. The SMILES string of the molecule is CCCCCCCCCCCCCCCCCCC[CH2][Ag]. The summed E-state index contributed by atoms with van der Waals surface area (Å²) in [5, 5.41) is 0. The maximum absolute atomic E-state index is 3.51. The molecule has 0 aliphatic heterocycles. The van der Waals surface area contributed by atoms with Crippen molar-refractivity contribution < 1.29 is 21.1 Å². The van der Waals surface area contributed by atoms with Gasteiger partial charge >= 0.3 is 96.3 Å². The Kier molecular flexibility index (Phi) is 21.5. The van der Waals surface area contributed by atoms with Crippen LogP contribution in [0.4, 0.5) is 0 Å². The van der Waals surface area contributed by atoms with Crippen LogP contribution in [0.15, 0.2) is 0 Å². The molecule has 0 saturated carbocycles. The standard InChI is InChI=1S/C20H41.Ag/c1-3-5-7-9-11-13-15-17-19-20-18-16-14-12-10-8-6-4-2;/h1,3-20H2,2H3;. The van der Waals surface area contributed by atoms with Gasteiger partial charge in [0.05, 0.1) is 0 Å². The van der Waals surface area contributed by atoms with E-state index in [1.165, 1.54) is 120 Å². The third-order valence-electron chi connectivity index (χ3n) is 4.46. The molecule has 1 heteroatoms. The predicted octanol–water partition coefficient (Wildman–Crippen LogP) is 7.99. The minimum absolute atomic E-state index is 1.18. The normalized spacial score (nSPS) is 11.2. The summed E-state index contributed by atoms with van der Waals surface area (Å²) in [6.07, 6.45) is 26.3. The molecule has 0 fully saturated rings. The van der Waals surface area contributed by atoms with E-state index in [-0.39, 0.29) is 0 Å². The molecule has 0 radical (unpaired) electrons. The summed E-state index contributed by atoms with van der Waals surface area (Å²) in [5.41, 5.74) is 0. The molecule has 0 aromatic rings. The molecule has 0 bridgehead atoms. The summed E-state index contributed by atoms with van der Waals surface area (Å²) in [4.78, 5) is 0. The first-order valence-corrected chi connectivity index (χ1v) is 11.0. The Balaban J connectivity index is 2.90. The number of rotatable bonds is 18. The Morgan fingerprint density at radius 1 is 0.381 bits per heavy atom. The van der Waals surface area contributed by atoms with Gasteiger partial charge in [-0.1, -0.05) is 51.9 Å². The van der Waals surface area contributed by atoms with Gasteiger partial charge < -0.3 is 0 Å². The molecule has 0 heterocycles. The van der Waals surface area contributed by atoms with Gasteiger partial charge in [-0.3, -0.25) is 0 Å². The summed E-state index contributed by atoms with van der Waals surface area (Å²) >= 11 is 3.51. The van der Waals surface area contributed by atoms with E-state index in [0.29, 0.717) is 0 Å². The van der Waals surface area contributed by atoms with Crippen LogP contribution in [0.25, 0.3) is 0 Å². The molecular weight excluding hydrogens is 348 g/mol. The first-order valence-electron chi connectivity index (χ1n) is 9.92. The van der Waals surface area contributed by atoms with Crippen molar-refractivity contribution in [2.45, 2.75) is 127 Å². The van der Waals surface area contributed by atoms with E-state index in [2.05, 4.69) is 28.0 Å². The topological polar surface area (TPSA) is 0 Å². The van der Waals surface area contributed by atoms with Crippen LogP contribution in [0.1, 0.15) is 122 Å². The van der Waals surface area contributed by atoms with Crippen molar-refractivity contribution in [3.63, 3.8) is 0 Å². The van der Waals surface area contributed by atoms with Gasteiger partial charge in [0, 0.05) is 0 Å². The molecule has 132 valence electrons. The number of hydrogen-bond donors (Lipinski definition) is 0. The number of hydrogen-bond acceptors (Lipinski definition) is 0. The van der Waals surface area contributed by atoms with E-state index < -0.39 is 0 Å². The van der Waals surface area contributed by atoms with E-state index in [1.807, 2.05) is 0 Å². The molecule has 0 aliphatic carbocycles. The van der Waals surface area contributed by atoms with Crippen molar-refractivity contribution >= 4 is 0 Å². The van der Waals surface area contributed by atoms with Crippen molar-refractivity contribution in [3.8, 4) is 0 Å². The van der Waals surface area contributed by atoms with Gasteiger partial charge in [-0.25, -0.2) is 0 Å². The van der Waals surface area contributed by atoms with Crippen LogP contribution in [-0.4, -0.2) is 0 Å². The first-order chi connectivity index (χ1) is 10.4. The zero-order chi connectivity index (χ0) is 15.4. The molecule has 0 nitrogen and oxygen atoms in total. The third-order valence-corrected chi connectivity index (χ3v) is 4.98. The minimum atomic E-state index is 1.18. The van der Waals surface area contributed by atoms with Crippen LogP contribution in [0.2, 0.25) is 4.64 Å². The van der Waals surface area contributed by atoms with Crippen LogP contribution in [-0.2, 0) is 21.1 Å². The molecule has 0 aromatic carbocycles. The van der Waals surface area contributed by atoms with Gasteiger partial charge in [0.1, 0.15) is 0 Å². The van der Waals surface area contributed by atoms with Crippen molar-refractivity contribution in [2.75, 3.05) is 0 Å². The van der Waals surface area contributed by atoms with Crippen LogP contribution in [0, 0.1) is 0 Å². The molecule has 0 saturated heterocycles. The maximum atomic E-state index is 3.51. The van der Waals surface area contributed by atoms with Gasteiger partial charge in [0.25, 0.3) is 0 Å². The summed E-state index contributed by atoms with van der Waals surface area (Å²) in [5.74, 6) is 0. The first kappa shape index (κ1) is 21.7. The fraction of sp³-hybridized carbons (Fsp3) is 1.00. The predicted molar refractivity (Wildman–Crippen MR) is 93.6 cm³/mol. The van der Waals surface area contributed by atoms with Gasteiger partial charge in [-0.05, 0) is 0 Å². The molecule has 21 heavy (non-hydrogen) atoms. The zero-order valence-electron chi connectivity index (χ0n) is 14.7. The van der Waals surface area contributed by atoms with E-state index in [0.717, 1.165) is 0 Å². The second-order valence-electron chi connectivity index (χ2n) is 6.66. The molecule has 0 unspecified atom stereocenters. The fourth-order valence-electron chi connectivity index (χ4n) is 2.98. The van der Waals surface area contributed by atoms with Gasteiger partial charge in [0.2, 0.25) is 0 Å². The van der Waals surface area contributed by atoms with E-state index in [1.54, 1.807) is 0 Å². The molecule has 0 aliphatic rings. The zero-order valence-corrected chi connectivity index (χ0v) is 16.2. The van der Waals surface area contributed by atoms with Crippen LogP contribution >= 0.6 is 0 Å². The molecule has 0 aromatic heterocycles. The van der Waals surface area contributed by atoms with Gasteiger partial charge in [0.15, 0.2) is 0 Å². The van der Waals surface area contributed by atoms with Crippen LogP contribution in [0.5, 0.6) is 0 Å². The fourth-order valence-corrected chi connectivity index (χ4v) is 3.35. The van der Waals surface area contributed by atoms with Crippen molar-refractivity contribution in [1.29, 1.82) is 0 Å². The van der Waals surface area contributed by atoms with Gasteiger partial charge in [-0.2, -0.15) is 0 Å². The number of unbranched alkanes of at least 4 members (excludes halogenated alkanes) is 17. The quantitative estimate of drug-likeness (QED) is 0.165. The third kappa shape index (κ3) is 20.7. The molecule has 0 rings (SSSR count). The molecule has 0 spiro atoms. The Morgan fingerprint density at radius 3 is 0.857 bits per heavy atom. The van der Waals surface area contributed by atoms with Crippen molar-refractivity contribution in [1.82, 2.24) is 0 Å².